The maximum Gasteiger partial charge on any atom is 0.329 e. The SMILES string of the molecule is CCCC(C)(NC(=O)c1ccccn1)C(=O)O. The highest BCUT2D eigenvalue weighted by molar-refractivity contribution is 5.96. The summed E-state index contributed by atoms with van der Waals surface area (Å²) in [6.07, 6.45) is 2.54. The molecular weight excluding hydrogens is 220 g/mol. The summed E-state index contributed by atoms with van der Waals surface area (Å²) in [6, 6.07) is 4.92. The number of aromatic nitrogens is 1. The number of carbonyl (C=O) groups is 2. The third-order valence-electron chi connectivity index (χ3n) is 2.51. The topological polar surface area (TPSA) is 79.3 Å². The van der Waals surface area contributed by atoms with Crippen molar-refractivity contribution in [1.82, 2.24) is 10.3 Å². The van der Waals surface area contributed by atoms with Crippen LogP contribution in [0.3, 0.4) is 0 Å². The third kappa shape index (κ3) is 3.27. The molecule has 5 nitrogen and oxygen atoms in total. The molecule has 1 amide bonds. The molecule has 1 rings (SSSR count). The van der Waals surface area contributed by atoms with Crippen molar-refractivity contribution in [3.8, 4) is 0 Å². The zero-order valence-electron chi connectivity index (χ0n) is 9.93. The Balaban J connectivity index is 2.82. The first-order valence-corrected chi connectivity index (χ1v) is 5.46. The number of nitrogens with zero attached hydrogens (tertiary/aromatic N) is 1. The van der Waals surface area contributed by atoms with Crippen LogP contribution >= 0.6 is 0 Å². The number of carbonyl (C=O) groups excluding carboxylic acids is 1. The third-order valence-corrected chi connectivity index (χ3v) is 2.51. The van der Waals surface area contributed by atoms with Crippen LogP contribution in [0.4, 0.5) is 0 Å². The summed E-state index contributed by atoms with van der Waals surface area (Å²) < 4.78 is 0. The van der Waals surface area contributed by atoms with E-state index in [1.54, 1.807) is 18.2 Å². The van der Waals surface area contributed by atoms with Gasteiger partial charge in [0.1, 0.15) is 11.2 Å². The van der Waals surface area contributed by atoms with E-state index in [0.717, 1.165) is 0 Å². The summed E-state index contributed by atoms with van der Waals surface area (Å²) in [5.41, 5.74) is -1.03. The van der Waals surface area contributed by atoms with E-state index in [1.807, 2.05) is 6.92 Å². The molecule has 0 saturated carbocycles. The lowest BCUT2D eigenvalue weighted by atomic mass is 9.96. The molecule has 1 atom stereocenters. The maximum absolute atomic E-state index is 11.8. The first-order valence-electron chi connectivity index (χ1n) is 5.46. The molecule has 2 N–H and O–H groups in total. The predicted octanol–water partition coefficient (Wildman–Crippen LogP) is 1.45. The van der Waals surface area contributed by atoms with Gasteiger partial charge in [0, 0.05) is 6.20 Å². The molecule has 1 heterocycles. The zero-order chi connectivity index (χ0) is 12.9. The predicted molar refractivity (Wildman–Crippen MR) is 62.7 cm³/mol. The van der Waals surface area contributed by atoms with Gasteiger partial charge in [-0.3, -0.25) is 9.78 Å². The van der Waals surface area contributed by atoms with Crippen molar-refractivity contribution >= 4 is 11.9 Å². The van der Waals surface area contributed by atoms with Crippen molar-refractivity contribution in [2.24, 2.45) is 0 Å². The monoisotopic (exact) mass is 236 g/mol. The first kappa shape index (κ1) is 13.2. The number of hydrogen-bond acceptors (Lipinski definition) is 3. The van der Waals surface area contributed by atoms with E-state index in [0.29, 0.717) is 12.8 Å². The van der Waals surface area contributed by atoms with Gasteiger partial charge in [-0.2, -0.15) is 0 Å². The van der Waals surface area contributed by atoms with Gasteiger partial charge in [-0.25, -0.2) is 4.79 Å². The van der Waals surface area contributed by atoms with Gasteiger partial charge in [0.2, 0.25) is 0 Å². The van der Waals surface area contributed by atoms with Crippen molar-refractivity contribution in [2.45, 2.75) is 32.2 Å². The van der Waals surface area contributed by atoms with Crippen LogP contribution in [0.15, 0.2) is 24.4 Å². The summed E-state index contributed by atoms with van der Waals surface area (Å²) in [5.74, 6) is -1.51. The van der Waals surface area contributed by atoms with E-state index < -0.39 is 17.4 Å². The smallest absolute Gasteiger partial charge is 0.329 e. The van der Waals surface area contributed by atoms with Gasteiger partial charge in [0.05, 0.1) is 0 Å². The van der Waals surface area contributed by atoms with Crippen LogP contribution in [0.1, 0.15) is 37.2 Å². The van der Waals surface area contributed by atoms with E-state index >= 15 is 0 Å². The molecule has 0 aliphatic carbocycles. The highest BCUT2D eigenvalue weighted by Crippen LogP contribution is 2.13. The lowest BCUT2D eigenvalue weighted by molar-refractivity contribution is -0.144. The fourth-order valence-electron chi connectivity index (χ4n) is 1.53. The molecule has 5 heteroatoms. The van der Waals surface area contributed by atoms with Crippen LogP contribution in [-0.4, -0.2) is 27.5 Å². The summed E-state index contributed by atoms with van der Waals surface area (Å²) in [6.45, 7) is 3.37. The fraction of sp³-hybridized carbons (Fsp3) is 0.417. The molecule has 0 spiro atoms. The number of hydrogen-bond donors (Lipinski definition) is 2. The number of rotatable bonds is 5. The molecule has 0 radical (unpaired) electrons. The molecule has 17 heavy (non-hydrogen) atoms. The number of pyridine rings is 1. The van der Waals surface area contributed by atoms with E-state index in [-0.39, 0.29) is 5.69 Å². The summed E-state index contributed by atoms with van der Waals surface area (Å²) >= 11 is 0. The van der Waals surface area contributed by atoms with Gasteiger partial charge >= 0.3 is 5.97 Å². The molecule has 0 aromatic carbocycles. The van der Waals surface area contributed by atoms with Crippen molar-refractivity contribution in [2.75, 3.05) is 0 Å². The van der Waals surface area contributed by atoms with E-state index in [2.05, 4.69) is 10.3 Å². The number of carboxylic acid groups (broad SMARTS) is 1. The number of carboxylic acids is 1. The second kappa shape index (κ2) is 5.43. The minimum atomic E-state index is -1.25. The fourth-order valence-corrected chi connectivity index (χ4v) is 1.53. The normalized spacial score (nSPS) is 13.8. The molecule has 0 aliphatic rings. The van der Waals surface area contributed by atoms with E-state index in [1.165, 1.54) is 13.1 Å². The Bertz CT molecular complexity index is 405. The molecule has 1 unspecified atom stereocenters. The van der Waals surface area contributed by atoms with Crippen molar-refractivity contribution in [3.63, 3.8) is 0 Å². The Morgan fingerprint density at radius 1 is 1.47 bits per heavy atom. The maximum atomic E-state index is 11.8. The molecule has 1 aromatic rings. The van der Waals surface area contributed by atoms with Crippen molar-refractivity contribution in [1.29, 1.82) is 0 Å². The summed E-state index contributed by atoms with van der Waals surface area (Å²) in [5, 5.41) is 11.6. The molecule has 0 aliphatic heterocycles. The quantitative estimate of drug-likeness (QED) is 0.811. The van der Waals surface area contributed by atoms with Gasteiger partial charge in [-0.05, 0) is 25.5 Å². The Morgan fingerprint density at radius 3 is 2.65 bits per heavy atom. The zero-order valence-corrected chi connectivity index (χ0v) is 9.93. The average molecular weight is 236 g/mol. The van der Waals surface area contributed by atoms with Crippen LogP contribution in [0.5, 0.6) is 0 Å². The van der Waals surface area contributed by atoms with Gasteiger partial charge in [0.15, 0.2) is 0 Å². The van der Waals surface area contributed by atoms with Crippen LogP contribution in [0.25, 0.3) is 0 Å². The minimum Gasteiger partial charge on any atom is -0.480 e. The Kier molecular flexibility index (Phi) is 4.20. The first-order chi connectivity index (χ1) is 7.99. The highest BCUT2D eigenvalue weighted by Gasteiger charge is 2.34. The second-order valence-electron chi connectivity index (χ2n) is 4.06. The molecule has 0 bridgehead atoms. The molecule has 1 aromatic heterocycles. The van der Waals surface area contributed by atoms with E-state index in [4.69, 9.17) is 5.11 Å². The molecular formula is C12H16N2O3. The van der Waals surface area contributed by atoms with Crippen LogP contribution < -0.4 is 5.32 Å². The van der Waals surface area contributed by atoms with Crippen LogP contribution in [0, 0.1) is 0 Å². The Hall–Kier alpha value is -1.91. The van der Waals surface area contributed by atoms with Crippen LogP contribution in [0.2, 0.25) is 0 Å². The largest absolute Gasteiger partial charge is 0.480 e. The lowest BCUT2D eigenvalue weighted by Gasteiger charge is -2.25. The van der Waals surface area contributed by atoms with Gasteiger partial charge < -0.3 is 10.4 Å². The Labute approximate surface area is 99.9 Å². The highest BCUT2D eigenvalue weighted by atomic mass is 16.4. The van der Waals surface area contributed by atoms with Crippen molar-refractivity contribution in [3.05, 3.63) is 30.1 Å². The number of nitrogens with one attached hydrogen (secondary N) is 1. The molecule has 0 saturated heterocycles. The van der Waals surface area contributed by atoms with Gasteiger partial charge in [0.25, 0.3) is 5.91 Å². The summed E-state index contributed by atoms with van der Waals surface area (Å²) in [4.78, 5) is 26.8. The Morgan fingerprint density at radius 2 is 2.18 bits per heavy atom. The second-order valence-corrected chi connectivity index (χ2v) is 4.06. The number of aliphatic carboxylic acids is 1. The minimum absolute atomic E-state index is 0.219. The standard InChI is InChI=1S/C12H16N2O3/c1-3-7-12(2,11(16)17)14-10(15)9-6-4-5-8-13-9/h4-6,8H,3,7H2,1-2H3,(H,14,15)(H,16,17). The van der Waals surface area contributed by atoms with Gasteiger partial charge in [-0.15, -0.1) is 0 Å². The average Bonchev–Trinajstić information content (AvgIpc) is 2.30. The number of amides is 1. The van der Waals surface area contributed by atoms with Crippen molar-refractivity contribution < 1.29 is 14.7 Å². The van der Waals surface area contributed by atoms with Gasteiger partial charge in [-0.1, -0.05) is 19.4 Å². The molecule has 92 valence electrons. The summed E-state index contributed by atoms with van der Waals surface area (Å²) in [7, 11) is 0. The van der Waals surface area contributed by atoms with E-state index in [9.17, 15) is 9.59 Å². The molecule has 0 fully saturated rings. The lowest BCUT2D eigenvalue weighted by Crippen LogP contribution is -2.52. The van der Waals surface area contributed by atoms with Crippen LogP contribution in [-0.2, 0) is 4.79 Å².